The van der Waals surface area contributed by atoms with Crippen LogP contribution >= 0.6 is 0 Å². The van der Waals surface area contributed by atoms with Crippen LogP contribution in [0.3, 0.4) is 0 Å². The Balaban J connectivity index is 2.69. The molecule has 0 saturated heterocycles. The summed E-state index contributed by atoms with van der Waals surface area (Å²) in [7, 11) is 3.42. The average Bonchev–Trinajstić information content (AvgIpc) is 2.41. The molecule has 0 fully saturated rings. The lowest BCUT2D eigenvalue weighted by Crippen LogP contribution is -2.19. The zero-order chi connectivity index (χ0) is 14.0. The SMILES string of the molecule is CNc1cc(-c2ccnc(C)c2CO)cn(C)c1=O. The van der Waals surface area contributed by atoms with E-state index in [1.165, 1.54) is 4.57 Å². The van der Waals surface area contributed by atoms with Crippen molar-refractivity contribution in [2.75, 3.05) is 12.4 Å². The summed E-state index contributed by atoms with van der Waals surface area (Å²) in [5.74, 6) is 0. The molecule has 100 valence electrons. The van der Waals surface area contributed by atoms with Crippen molar-refractivity contribution in [2.45, 2.75) is 13.5 Å². The number of hydrogen-bond donors (Lipinski definition) is 2. The molecule has 0 radical (unpaired) electrons. The Bertz CT molecular complexity index is 662. The van der Waals surface area contributed by atoms with Crippen LogP contribution in [0, 0.1) is 6.92 Å². The number of pyridine rings is 2. The first kappa shape index (κ1) is 13.3. The van der Waals surface area contributed by atoms with Gasteiger partial charge in [0.1, 0.15) is 5.69 Å². The number of aliphatic hydroxyl groups excluding tert-OH is 1. The minimum atomic E-state index is -0.0809. The second-order valence-corrected chi connectivity index (χ2v) is 4.39. The van der Waals surface area contributed by atoms with Gasteiger partial charge in [0.25, 0.3) is 5.56 Å². The molecular formula is C14H17N3O2. The van der Waals surface area contributed by atoms with Crippen LogP contribution in [0.2, 0.25) is 0 Å². The fraction of sp³-hybridized carbons (Fsp3) is 0.286. The first-order valence-electron chi connectivity index (χ1n) is 6.02. The fourth-order valence-electron chi connectivity index (χ4n) is 2.11. The highest BCUT2D eigenvalue weighted by Gasteiger charge is 2.10. The van der Waals surface area contributed by atoms with Gasteiger partial charge in [-0.2, -0.15) is 0 Å². The highest BCUT2D eigenvalue weighted by Crippen LogP contribution is 2.25. The van der Waals surface area contributed by atoms with Crippen molar-refractivity contribution >= 4 is 5.69 Å². The monoisotopic (exact) mass is 259 g/mol. The van der Waals surface area contributed by atoms with Gasteiger partial charge in [0.2, 0.25) is 0 Å². The van der Waals surface area contributed by atoms with E-state index < -0.39 is 0 Å². The quantitative estimate of drug-likeness (QED) is 0.871. The Kier molecular flexibility index (Phi) is 3.66. The van der Waals surface area contributed by atoms with E-state index >= 15 is 0 Å². The molecule has 0 unspecified atom stereocenters. The van der Waals surface area contributed by atoms with E-state index in [1.807, 2.05) is 13.0 Å². The normalized spacial score (nSPS) is 10.5. The van der Waals surface area contributed by atoms with Gasteiger partial charge in [-0.05, 0) is 24.6 Å². The number of aliphatic hydroxyl groups is 1. The number of rotatable bonds is 3. The minimum absolute atomic E-state index is 0.0767. The molecule has 19 heavy (non-hydrogen) atoms. The zero-order valence-electron chi connectivity index (χ0n) is 11.3. The van der Waals surface area contributed by atoms with Crippen molar-refractivity contribution in [1.82, 2.24) is 9.55 Å². The highest BCUT2D eigenvalue weighted by atomic mass is 16.3. The number of nitrogens with zero attached hydrogens (tertiary/aromatic N) is 2. The molecule has 0 aliphatic heterocycles. The molecule has 2 heterocycles. The Morgan fingerprint density at radius 3 is 2.84 bits per heavy atom. The average molecular weight is 259 g/mol. The van der Waals surface area contributed by atoms with Crippen molar-refractivity contribution < 1.29 is 5.11 Å². The second-order valence-electron chi connectivity index (χ2n) is 4.39. The molecule has 0 saturated carbocycles. The molecule has 0 bridgehead atoms. The molecule has 0 spiro atoms. The molecule has 5 heteroatoms. The van der Waals surface area contributed by atoms with Crippen LogP contribution in [0.5, 0.6) is 0 Å². The standard InChI is InChI=1S/C14H17N3O2/c1-9-12(8-18)11(4-5-16-9)10-6-13(15-2)14(19)17(3)7-10/h4-7,15,18H,8H2,1-3H3. The molecular weight excluding hydrogens is 242 g/mol. The maximum absolute atomic E-state index is 11.8. The predicted molar refractivity (Wildman–Crippen MR) is 75.1 cm³/mol. The van der Waals surface area contributed by atoms with Gasteiger partial charge in [-0.25, -0.2) is 0 Å². The first-order valence-corrected chi connectivity index (χ1v) is 6.02. The lowest BCUT2D eigenvalue weighted by atomic mass is 10.0. The zero-order valence-corrected chi connectivity index (χ0v) is 11.3. The molecule has 0 aliphatic carbocycles. The van der Waals surface area contributed by atoms with Gasteiger partial charge in [-0.15, -0.1) is 0 Å². The third kappa shape index (κ3) is 2.37. The molecule has 2 N–H and O–H groups in total. The van der Waals surface area contributed by atoms with Crippen molar-refractivity contribution in [2.24, 2.45) is 7.05 Å². The molecule has 2 aromatic rings. The molecule has 0 amide bonds. The molecule has 5 nitrogen and oxygen atoms in total. The maximum Gasteiger partial charge on any atom is 0.273 e. The number of hydrogen-bond acceptors (Lipinski definition) is 4. The Morgan fingerprint density at radius 1 is 1.47 bits per heavy atom. The van der Waals surface area contributed by atoms with E-state index in [0.717, 1.165) is 22.4 Å². The topological polar surface area (TPSA) is 67.2 Å². The van der Waals surface area contributed by atoms with Gasteiger partial charge in [0, 0.05) is 43.3 Å². The van der Waals surface area contributed by atoms with Gasteiger partial charge in [-0.1, -0.05) is 0 Å². The van der Waals surface area contributed by atoms with Crippen LogP contribution in [0.1, 0.15) is 11.3 Å². The van der Waals surface area contributed by atoms with Gasteiger partial charge in [0.05, 0.1) is 6.61 Å². The van der Waals surface area contributed by atoms with Crippen LogP contribution in [-0.2, 0) is 13.7 Å². The smallest absolute Gasteiger partial charge is 0.273 e. The van der Waals surface area contributed by atoms with Crippen molar-refractivity contribution in [3.05, 3.63) is 46.1 Å². The summed E-state index contributed by atoms with van der Waals surface area (Å²) < 4.78 is 1.53. The molecule has 2 rings (SSSR count). The van der Waals surface area contributed by atoms with Crippen LogP contribution in [0.15, 0.2) is 29.3 Å². The number of aryl methyl sites for hydroxylation is 2. The van der Waals surface area contributed by atoms with E-state index in [0.29, 0.717) is 5.69 Å². The van der Waals surface area contributed by atoms with Crippen LogP contribution in [-0.4, -0.2) is 21.7 Å². The van der Waals surface area contributed by atoms with Crippen molar-refractivity contribution in [1.29, 1.82) is 0 Å². The van der Waals surface area contributed by atoms with E-state index in [1.54, 1.807) is 32.6 Å². The molecule has 0 aromatic carbocycles. The second kappa shape index (κ2) is 5.24. The lowest BCUT2D eigenvalue weighted by Gasteiger charge is -2.12. The molecule has 0 atom stereocenters. The predicted octanol–water partition coefficient (Wildman–Crippen LogP) is 1.29. The summed E-state index contributed by atoms with van der Waals surface area (Å²) in [6, 6.07) is 3.63. The lowest BCUT2D eigenvalue weighted by molar-refractivity contribution is 0.281. The van der Waals surface area contributed by atoms with Crippen LogP contribution in [0.25, 0.3) is 11.1 Å². The summed E-state index contributed by atoms with van der Waals surface area (Å²) in [5.41, 5.74) is 3.78. The summed E-state index contributed by atoms with van der Waals surface area (Å²) in [4.78, 5) is 16.0. The summed E-state index contributed by atoms with van der Waals surface area (Å²) >= 11 is 0. The van der Waals surface area contributed by atoms with Gasteiger partial charge < -0.3 is 15.0 Å². The minimum Gasteiger partial charge on any atom is -0.392 e. The van der Waals surface area contributed by atoms with Gasteiger partial charge >= 0.3 is 0 Å². The summed E-state index contributed by atoms with van der Waals surface area (Å²) in [6.07, 6.45) is 3.46. The summed E-state index contributed by atoms with van der Waals surface area (Å²) in [5, 5.41) is 12.4. The summed E-state index contributed by atoms with van der Waals surface area (Å²) in [6.45, 7) is 1.78. The van der Waals surface area contributed by atoms with E-state index in [2.05, 4.69) is 10.3 Å². The first-order chi connectivity index (χ1) is 9.08. The fourth-order valence-corrected chi connectivity index (χ4v) is 2.11. The number of anilines is 1. The third-order valence-corrected chi connectivity index (χ3v) is 3.19. The van der Waals surface area contributed by atoms with Crippen LogP contribution < -0.4 is 10.9 Å². The molecule has 2 aromatic heterocycles. The third-order valence-electron chi connectivity index (χ3n) is 3.19. The largest absolute Gasteiger partial charge is 0.392 e. The maximum atomic E-state index is 11.8. The van der Waals surface area contributed by atoms with E-state index in [-0.39, 0.29) is 12.2 Å². The van der Waals surface area contributed by atoms with Crippen molar-refractivity contribution in [3.63, 3.8) is 0 Å². The molecule has 0 aliphatic rings. The Morgan fingerprint density at radius 2 is 2.21 bits per heavy atom. The number of nitrogens with one attached hydrogen (secondary N) is 1. The van der Waals surface area contributed by atoms with Crippen LogP contribution in [0.4, 0.5) is 5.69 Å². The van der Waals surface area contributed by atoms with E-state index in [4.69, 9.17) is 0 Å². The van der Waals surface area contributed by atoms with Gasteiger partial charge in [-0.3, -0.25) is 9.78 Å². The van der Waals surface area contributed by atoms with Gasteiger partial charge in [0.15, 0.2) is 0 Å². The Hall–Kier alpha value is -2.14. The van der Waals surface area contributed by atoms with E-state index in [9.17, 15) is 9.90 Å². The Labute approximate surface area is 111 Å². The highest BCUT2D eigenvalue weighted by molar-refractivity contribution is 5.70. The van der Waals surface area contributed by atoms with Crippen molar-refractivity contribution in [3.8, 4) is 11.1 Å². The number of aromatic nitrogens is 2.